The monoisotopic (exact) mass is 414 g/mol. The van der Waals surface area contributed by atoms with Gasteiger partial charge in [0, 0.05) is 19.6 Å². The number of nitrogens with one attached hydrogen (secondary N) is 3. The van der Waals surface area contributed by atoms with Crippen LogP contribution in [0.25, 0.3) is 0 Å². The molecule has 1 atom stereocenters. The molecule has 0 unspecified atom stereocenters. The highest BCUT2D eigenvalue weighted by Crippen LogP contribution is 2.15. The lowest BCUT2D eigenvalue weighted by atomic mass is 10.1. The minimum Gasteiger partial charge on any atom is -0.459 e. The van der Waals surface area contributed by atoms with E-state index in [1.54, 1.807) is 6.07 Å². The zero-order chi connectivity index (χ0) is 21.2. The van der Waals surface area contributed by atoms with Crippen molar-refractivity contribution in [3.63, 3.8) is 0 Å². The molecule has 2 aromatic rings. The van der Waals surface area contributed by atoms with Crippen LogP contribution in [0.1, 0.15) is 22.2 Å². The number of morpholine rings is 1. The zero-order valence-electron chi connectivity index (χ0n) is 16.6. The maximum Gasteiger partial charge on any atom is 0.287 e. The van der Waals surface area contributed by atoms with Gasteiger partial charge in [-0.3, -0.25) is 19.3 Å². The molecule has 3 rings (SSSR count). The minimum absolute atomic E-state index is 0.120. The summed E-state index contributed by atoms with van der Waals surface area (Å²) in [6.45, 7) is 3.21. The third-order valence-electron chi connectivity index (χ3n) is 4.68. The van der Waals surface area contributed by atoms with Crippen molar-refractivity contribution in [2.45, 2.75) is 6.04 Å². The number of ether oxygens (including phenoxy) is 1. The normalized spacial score (nSPS) is 15.2. The second-order valence-corrected chi connectivity index (χ2v) is 6.88. The molecule has 0 radical (unpaired) electrons. The van der Waals surface area contributed by atoms with Gasteiger partial charge in [-0.25, -0.2) is 0 Å². The van der Waals surface area contributed by atoms with E-state index in [1.807, 2.05) is 30.3 Å². The van der Waals surface area contributed by atoms with E-state index in [2.05, 4.69) is 20.9 Å². The average molecular weight is 414 g/mol. The van der Waals surface area contributed by atoms with Crippen LogP contribution in [0.15, 0.2) is 53.1 Å². The fraction of sp³-hybridized carbons (Fsp3) is 0.381. The summed E-state index contributed by atoms with van der Waals surface area (Å²) in [4.78, 5) is 38.4. The highest BCUT2D eigenvalue weighted by molar-refractivity contribution is 5.94. The molecule has 3 amide bonds. The molecule has 1 aliphatic heterocycles. The van der Waals surface area contributed by atoms with Crippen LogP contribution in [0, 0.1) is 0 Å². The third-order valence-corrected chi connectivity index (χ3v) is 4.68. The van der Waals surface area contributed by atoms with E-state index in [1.165, 1.54) is 12.3 Å². The maximum absolute atomic E-state index is 12.4. The summed E-state index contributed by atoms with van der Waals surface area (Å²) in [5.74, 6) is -1.14. The van der Waals surface area contributed by atoms with Gasteiger partial charge in [-0.05, 0) is 17.7 Å². The Morgan fingerprint density at radius 3 is 2.37 bits per heavy atom. The molecule has 0 aliphatic carbocycles. The smallest absolute Gasteiger partial charge is 0.287 e. The van der Waals surface area contributed by atoms with E-state index in [0.29, 0.717) is 19.8 Å². The number of hydrogen-bond donors (Lipinski definition) is 3. The molecule has 30 heavy (non-hydrogen) atoms. The molecule has 1 aliphatic rings. The van der Waals surface area contributed by atoms with Crippen molar-refractivity contribution in [3.8, 4) is 0 Å². The average Bonchev–Trinajstić information content (AvgIpc) is 3.32. The molecule has 1 aromatic carbocycles. The highest BCUT2D eigenvalue weighted by Gasteiger charge is 2.20. The Hall–Kier alpha value is -3.17. The fourth-order valence-corrected chi connectivity index (χ4v) is 3.10. The zero-order valence-corrected chi connectivity index (χ0v) is 16.6. The standard InChI is InChI=1S/C21H26N4O5/c26-19(13-23-21(28)18-7-4-10-30-18)22-14-20(27)24-17(16-5-2-1-3-6-16)15-25-8-11-29-12-9-25/h1-7,10,17H,8-9,11-15H2,(H,22,26)(H,23,28)(H,24,27)/t17-/m0/s1. The highest BCUT2D eigenvalue weighted by atomic mass is 16.5. The van der Waals surface area contributed by atoms with E-state index in [0.717, 1.165) is 18.7 Å². The van der Waals surface area contributed by atoms with Crippen LogP contribution in [-0.2, 0) is 14.3 Å². The molecule has 0 spiro atoms. The van der Waals surface area contributed by atoms with Crippen LogP contribution in [0.5, 0.6) is 0 Å². The van der Waals surface area contributed by atoms with Gasteiger partial charge < -0.3 is 25.1 Å². The Balaban J connectivity index is 1.46. The number of amides is 3. The third kappa shape index (κ3) is 6.71. The SMILES string of the molecule is O=C(CNC(=O)c1ccco1)NCC(=O)N[C@@H](CN1CCOCC1)c1ccccc1. The van der Waals surface area contributed by atoms with Crippen molar-refractivity contribution in [1.29, 1.82) is 0 Å². The van der Waals surface area contributed by atoms with Crippen molar-refractivity contribution in [3.05, 3.63) is 60.1 Å². The van der Waals surface area contributed by atoms with Crippen molar-refractivity contribution in [1.82, 2.24) is 20.9 Å². The van der Waals surface area contributed by atoms with Crippen LogP contribution >= 0.6 is 0 Å². The van der Waals surface area contributed by atoms with Gasteiger partial charge in [0.15, 0.2) is 5.76 Å². The number of carbonyl (C=O) groups is 3. The van der Waals surface area contributed by atoms with Gasteiger partial charge in [0.05, 0.1) is 38.6 Å². The molecule has 1 saturated heterocycles. The van der Waals surface area contributed by atoms with Crippen LogP contribution in [0.2, 0.25) is 0 Å². The lowest BCUT2D eigenvalue weighted by Crippen LogP contribution is -2.46. The summed E-state index contributed by atoms with van der Waals surface area (Å²) in [5, 5.41) is 7.93. The number of nitrogens with zero attached hydrogens (tertiary/aromatic N) is 1. The van der Waals surface area contributed by atoms with E-state index in [9.17, 15) is 14.4 Å². The molecule has 9 nitrogen and oxygen atoms in total. The Morgan fingerprint density at radius 1 is 0.933 bits per heavy atom. The largest absolute Gasteiger partial charge is 0.459 e. The molecule has 1 aromatic heterocycles. The summed E-state index contributed by atoms with van der Waals surface area (Å²) in [6, 6.07) is 12.6. The fourth-order valence-electron chi connectivity index (χ4n) is 3.10. The summed E-state index contributed by atoms with van der Waals surface area (Å²) >= 11 is 0. The number of benzene rings is 1. The first kappa shape index (κ1) is 21.5. The summed E-state index contributed by atoms with van der Waals surface area (Å²) < 4.78 is 10.3. The predicted octanol–water partition coefficient (Wildman–Crippen LogP) is 0.315. The van der Waals surface area contributed by atoms with Crippen molar-refractivity contribution < 1.29 is 23.5 Å². The molecule has 1 fully saturated rings. The van der Waals surface area contributed by atoms with Crippen molar-refractivity contribution in [2.75, 3.05) is 45.9 Å². The number of rotatable bonds is 9. The van der Waals surface area contributed by atoms with E-state index in [4.69, 9.17) is 9.15 Å². The molecule has 0 saturated carbocycles. The van der Waals surface area contributed by atoms with Gasteiger partial charge in [0.1, 0.15) is 0 Å². The Morgan fingerprint density at radius 2 is 1.67 bits per heavy atom. The first-order chi connectivity index (χ1) is 14.6. The van der Waals surface area contributed by atoms with Gasteiger partial charge in [-0.2, -0.15) is 0 Å². The van der Waals surface area contributed by atoms with Gasteiger partial charge in [-0.15, -0.1) is 0 Å². The van der Waals surface area contributed by atoms with Gasteiger partial charge >= 0.3 is 0 Å². The van der Waals surface area contributed by atoms with Gasteiger partial charge in [0.2, 0.25) is 11.8 Å². The van der Waals surface area contributed by atoms with Crippen LogP contribution < -0.4 is 16.0 Å². The molecular weight excluding hydrogens is 388 g/mol. The second-order valence-electron chi connectivity index (χ2n) is 6.88. The molecule has 3 N–H and O–H groups in total. The number of carbonyl (C=O) groups excluding carboxylic acids is 3. The molecule has 0 bridgehead atoms. The first-order valence-electron chi connectivity index (χ1n) is 9.84. The van der Waals surface area contributed by atoms with Crippen molar-refractivity contribution >= 4 is 17.7 Å². The summed E-state index contributed by atoms with van der Waals surface area (Å²) in [7, 11) is 0. The van der Waals surface area contributed by atoms with Crippen LogP contribution in [-0.4, -0.2) is 68.6 Å². The minimum atomic E-state index is -0.491. The topological polar surface area (TPSA) is 113 Å². The van der Waals surface area contributed by atoms with E-state index < -0.39 is 11.8 Å². The van der Waals surface area contributed by atoms with E-state index >= 15 is 0 Å². The Kier molecular flexibility index (Phi) is 7.99. The Bertz CT molecular complexity index is 819. The Labute approximate surface area is 174 Å². The van der Waals surface area contributed by atoms with Crippen molar-refractivity contribution in [2.24, 2.45) is 0 Å². The predicted molar refractivity (Wildman–Crippen MR) is 109 cm³/mol. The molecule has 2 heterocycles. The lowest BCUT2D eigenvalue weighted by Gasteiger charge is -2.31. The van der Waals surface area contributed by atoms with Gasteiger partial charge in [-0.1, -0.05) is 30.3 Å². The summed E-state index contributed by atoms with van der Waals surface area (Å²) in [6.07, 6.45) is 1.37. The number of hydrogen-bond acceptors (Lipinski definition) is 6. The van der Waals surface area contributed by atoms with Gasteiger partial charge in [0.25, 0.3) is 5.91 Å². The second kappa shape index (κ2) is 11.1. The molecule has 9 heteroatoms. The molecular formula is C21H26N4O5. The maximum atomic E-state index is 12.4. The summed E-state index contributed by atoms with van der Waals surface area (Å²) in [5.41, 5.74) is 0.995. The van der Waals surface area contributed by atoms with E-state index in [-0.39, 0.29) is 30.8 Å². The first-order valence-corrected chi connectivity index (χ1v) is 9.84. The lowest BCUT2D eigenvalue weighted by molar-refractivity contribution is -0.126. The molecule has 160 valence electrons. The van der Waals surface area contributed by atoms with Crippen LogP contribution in [0.3, 0.4) is 0 Å². The van der Waals surface area contributed by atoms with Crippen LogP contribution in [0.4, 0.5) is 0 Å². The quantitative estimate of drug-likeness (QED) is 0.545. The number of furan rings is 1.